The zero-order valence-electron chi connectivity index (χ0n) is 50.6. The summed E-state index contributed by atoms with van der Waals surface area (Å²) in [5.41, 5.74) is 27.1. The van der Waals surface area contributed by atoms with Crippen LogP contribution in [0.5, 0.6) is 23.0 Å². The van der Waals surface area contributed by atoms with E-state index in [0.717, 1.165) is 33.6 Å². The maximum atomic E-state index is 11.3. The Morgan fingerprint density at radius 1 is 0.591 bits per heavy atom. The molecule has 0 amide bonds. The van der Waals surface area contributed by atoms with Gasteiger partial charge >= 0.3 is 30.8 Å². The maximum Gasteiger partial charge on any atom is 1.00 e. The molecule has 0 aliphatic heterocycles. The number of anilines is 4. The van der Waals surface area contributed by atoms with Crippen LogP contribution >= 0.6 is 70.4 Å². The number of pyridine rings is 1. The van der Waals surface area contributed by atoms with Gasteiger partial charge in [-0.3, -0.25) is 4.79 Å². The van der Waals surface area contributed by atoms with E-state index in [2.05, 4.69) is 59.7 Å². The second-order valence-corrected chi connectivity index (χ2v) is 20.0. The summed E-state index contributed by atoms with van der Waals surface area (Å²) in [6, 6.07) is 13.0. The van der Waals surface area contributed by atoms with Gasteiger partial charge in [0.25, 0.3) is 0 Å². The minimum absolute atomic E-state index is 0. The van der Waals surface area contributed by atoms with Gasteiger partial charge in [0.1, 0.15) is 62.5 Å². The molecule has 0 radical (unpaired) electrons. The van der Waals surface area contributed by atoms with E-state index in [1.165, 1.54) is 83.6 Å². The molecular weight excluding hydrogens is 1260 g/mol. The van der Waals surface area contributed by atoms with Crippen LogP contribution < -0.4 is 60.7 Å². The van der Waals surface area contributed by atoms with Crippen molar-refractivity contribution in [3.63, 3.8) is 0 Å². The van der Waals surface area contributed by atoms with Gasteiger partial charge in [0.05, 0.1) is 53.8 Å². The van der Waals surface area contributed by atoms with Crippen LogP contribution in [-0.2, 0) is 22.6 Å². The van der Waals surface area contributed by atoms with E-state index in [-0.39, 0.29) is 72.2 Å². The van der Waals surface area contributed by atoms with Gasteiger partial charge in [-0.15, -0.1) is 0 Å². The Morgan fingerprint density at radius 2 is 1.02 bits per heavy atom. The SMILES string of the molecule is CCOC(=O)c1cnc(SC)nc1Cl.CCOC(=O)c1cnc(SC)nc1N.COc1cc(OC)cc(-c2cc3cnc(SC)nc3nc2N)c1.CSc1ncc(C=O)c(N)n1.CSc1ncc(CO)c(N)n1.[AlH3].[C-]#[N+]Cc1cc(OC)cc(OC)c1.[H-].[Li+]. The van der Waals surface area contributed by atoms with E-state index < -0.39 is 11.9 Å². The number of aliphatic hydroxyl groups excluding tert-OH is 1. The molecular formula is C54H67AlClLiN16O10S5. The number of hydrogen-bond donors (Lipinski definition) is 5. The molecule has 8 rings (SSSR count). The molecule has 6 aromatic heterocycles. The topological polar surface area (TPSA) is 377 Å². The van der Waals surface area contributed by atoms with Gasteiger partial charge in [-0.05, 0) is 81.0 Å². The average molecular weight is 1330 g/mol. The van der Waals surface area contributed by atoms with E-state index >= 15 is 0 Å². The first-order chi connectivity index (χ1) is 41.4. The monoisotopic (exact) mass is 1330 g/mol. The first-order valence-electron chi connectivity index (χ1n) is 24.6. The number of benzene rings is 2. The van der Waals surface area contributed by atoms with Gasteiger partial charge in [0, 0.05) is 65.2 Å². The molecule has 9 N–H and O–H groups in total. The van der Waals surface area contributed by atoms with Crippen molar-refractivity contribution in [2.24, 2.45) is 0 Å². The molecule has 8 aromatic rings. The Morgan fingerprint density at radius 3 is 1.45 bits per heavy atom. The van der Waals surface area contributed by atoms with Crippen LogP contribution in [0.1, 0.15) is 57.5 Å². The smallest absolute Gasteiger partial charge is 1.00 e. The van der Waals surface area contributed by atoms with Crippen LogP contribution in [0, 0.1) is 6.57 Å². The fourth-order valence-corrected chi connectivity index (χ4v) is 8.11. The predicted octanol–water partition coefficient (Wildman–Crippen LogP) is 4.92. The van der Waals surface area contributed by atoms with Crippen molar-refractivity contribution in [2.75, 3.05) is 95.9 Å². The van der Waals surface area contributed by atoms with Gasteiger partial charge in [0.15, 0.2) is 55.1 Å². The van der Waals surface area contributed by atoms with Crippen molar-refractivity contribution < 1.29 is 68.2 Å². The fraction of sp³-hybridized carbons (Fsp3) is 0.278. The molecule has 2 aromatic carbocycles. The number of fused-ring (bicyclic) bond motifs is 1. The summed E-state index contributed by atoms with van der Waals surface area (Å²) in [5, 5.41) is 12.6. The van der Waals surface area contributed by atoms with Crippen molar-refractivity contribution in [1.29, 1.82) is 0 Å². The number of esters is 2. The number of carbonyl (C=O) groups excluding carboxylic acids is 3. The molecule has 0 fully saturated rings. The number of nitrogens with two attached hydrogens (primary N) is 4. The number of aromatic nitrogens is 11. The number of nitrogens with zero attached hydrogens (tertiary/aromatic N) is 12. The molecule has 0 atom stereocenters. The molecule has 0 saturated heterocycles. The molecule has 88 heavy (non-hydrogen) atoms. The molecule has 0 unspecified atom stereocenters. The summed E-state index contributed by atoms with van der Waals surface area (Å²) in [4.78, 5) is 80.5. The number of aliphatic hydroxyl groups is 1. The third kappa shape index (κ3) is 25.5. The van der Waals surface area contributed by atoms with Gasteiger partial charge in [-0.2, -0.15) is 0 Å². The molecule has 34 heteroatoms. The first-order valence-corrected chi connectivity index (χ1v) is 31.1. The van der Waals surface area contributed by atoms with E-state index in [4.69, 9.17) is 74.6 Å². The van der Waals surface area contributed by atoms with Crippen molar-refractivity contribution in [1.82, 2.24) is 54.8 Å². The minimum atomic E-state index is -0.495. The van der Waals surface area contributed by atoms with Crippen molar-refractivity contribution in [3.8, 4) is 34.1 Å². The third-order valence-electron chi connectivity index (χ3n) is 10.3. The molecule has 0 saturated carbocycles. The second-order valence-electron chi connectivity index (χ2n) is 15.7. The summed E-state index contributed by atoms with van der Waals surface area (Å²) in [7, 11) is 6.41. The van der Waals surface area contributed by atoms with E-state index in [1.807, 2.05) is 67.7 Å². The van der Waals surface area contributed by atoms with Crippen molar-refractivity contribution in [3.05, 3.63) is 118 Å². The van der Waals surface area contributed by atoms with Gasteiger partial charge in [-0.25, -0.2) is 71.0 Å². The van der Waals surface area contributed by atoms with Crippen molar-refractivity contribution >= 4 is 140 Å². The second kappa shape index (κ2) is 42.7. The summed E-state index contributed by atoms with van der Waals surface area (Å²) in [5.74, 6) is 2.98. The van der Waals surface area contributed by atoms with Crippen LogP contribution in [-0.4, -0.2) is 168 Å². The number of aldehydes is 1. The number of methoxy groups -OCH3 is 4. The number of thioether (sulfide) groups is 5. The summed E-state index contributed by atoms with van der Waals surface area (Å²) in [6.45, 7) is 11.0. The molecule has 0 bridgehead atoms. The normalized spacial score (nSPS) is 9.73. The summed E-state index contributed by atoms with van der Waals surface area (Å²) >= 11 is 12.8. The van der Waals surface area contributed by atoms with Gasteiger partial charge in [-0.1, -0.05) is 70.4 Å². The zero-order valence-corrected chi connectivity index (χ0v) is 54.4. The zero-order chi connectivity index (χ0) is 63.7. The first kappa shape index (κ1) is 78.9. The van der Waals surface area contributed by atoms with Crippen molar-refractivity contribution in [2.45, 2.75) is 52.8 Å². The van der Waals surface area contributed by atoms with E-state index in [1.54, 1.807) is 54.5 Å². The Kier molecular flexibility index (Phi) is 38.3. The number of halogens is 1. The predicted molar refractivity (Wildman–Crippen MR) is 350 cm³/mol. The Hall–Kier alpha value is -7.12. The summed E-state index contributed by atoms with van der Waals surface area (Å²) in [6.07, 6.45) is 17.4. The average Bonchev–Trinajstić information content (AvgIpc) is 2.90. The Bertz CT molecular complexity index is 3470. The Balaban J connectivity index is 0.00000106. The van der Waals surface area contributed by atoms with Crippen LogP contribution in [0.15, 0.2) is 99.2 Å². The molecule has 26 nitrogen and oxygen atoms in total. The van der Waals surface area contributed by atoms with E-state index in [9.17, 15) is 14.4 Å². The van der Waals surface area contributed by atoms with Crippen LogP contribution in [0.25, 0.3) is 27.0 Å². The molecule has 464 valence electrons. The third-order valence-corrected chi connectivity index (χ3v) is 13.4. The van der Waals surface area contributed by atoms with E-state index in [0.29, 0.717) is 91.7 Å². The number of ether oxygens (including phenoxy) is 6. The number of hydrogen-bond acceptors (Lipinski definition) is 30. The number of carbonyl (C=O) groups is 3. The molecule has 6 heterocycles. The molecule has 0 spiro atoms. The largest absolute Gasteiger partial charge is 1.00 e. The number of nitrogen functional groups attached to an aromatic ring is 4. The maximum absolute atomic E-state index is 11.3. The van der Waals surface area contributed by atoms with Crippen LogP contribution in [0.2, 0.25) is 5.15 Å². The van der Waals surface area contributed by atoms with Crippen LogP contribution in [0.4, 0.5) is 23.3 Å². The molecule has 0 aliphatic carbocycles. The number of rotatable bonds is 17. The van der Waals surface area contributed by atoms with Crippen LogP contribution in [0.3, 0.4) is 0 Å². The minimum Gasteiger partial charge on any atom is -1.00 e. The fourth-order valence-electron chi connectivity index (χ4n) is 6.14. The Labute approximate surface area is 559 Å². The summed E-state index contributed by atoms with van der Waals surface area (Å²) < 4.78 is 30.3. The quantitative estimate of drug-likeness (QED) is 0.0154. The van der Waals surface area contributed by atoms with Gasteiger partial charge in [0.2, 0.25) is 6.54 Å². The van der Waals surface area contributed by atoms with Gasteiger partial charge < -0.3 is 62.7 Å². The molecule has 0 aliphatic rings. The standard InChI is InChI=1S/C16H16N4O2S.C10H11NO2.C8H9ClN2O2S.C8H11N3O2S.C6H9N3OS.C6H7N3OS.Al.Li.4H/c1-21-11-4-9(5-12(7-11)22-2)13-6-10-8-18-16(23-3)20-15(10)19-14(13)17;1-11-7-8-4-9(12-2)6-10(5-8)13-3;2*1-3-13-7(12)5-4-10-8(14-2)11-6(5)9;2*1-11-6-8-2-4(3-10)5(7)9-6;;;;;;/h4-8H,1-3H3,(H2,17,18,19,20);4-6H,7H2,2-3H3;4H,3H2,1-2H3;4H,3H2,1-2H3,(H2,9,10,11);2,10H,3H2,1H3,(H2,7,8,9);2-3H,1H3,(H2,7,8,9);;;;;;/q;;;;;;;+1;;;;-1.